The molecule has 1 aliphatic heterocycles. The minimum Gasteiger partial charge on any atom is -0.507 e. The van der Waals surface area contributed by atoms with Gasteiger partial charge >= 0.3 is 5.91 Å². The SMILES string of the molecule is O=C1C(=O)N(c2ccccn2)C(c2ccc(Br)cc2)C1=C(O)c1ccc(Cl)cc1. The number of halogens is 2. The van der Waals surface area contributed by atoms with Crippen molar-refractivity contribution >= 4 is 50.8 Å². The van der Waals surface area contributed by atoms with Gasteiger partial charge in [0.2, 0.25) is 0 Å². The summed E-state index contributed by atoms with van der Waals surface area (Å²) in [6.07, 6.45) is 1.55. The summed E-state index contributed by atoms with van der Waals surface area (Å²) < 4.78 is 0.855. The second kappa shape index (κ2) is 7.81. The van der Waals surface area contributed by atoms with Crippen LogP contribution < -0.4 is 4.90 Å². The molecule has 2 heterocycles. The Balaban J connectivity index is 1.94. The molecule has 4 rings (SSSR count). The Kier molecular flexibility index (Phi) is 5.22. The molecule has 1 amide bonds. The van der Waals surface area contributed by atoms with Gasteiger partial charge in [0.15, 0.2) is 0 Å². The predicted octanol–water partition coefficient (Wildman–Crippen LogP) is 5.12. The highest BCUT2D eigenvalue weighted by molar-refractivity contribution is 9.10. The van der Waals surface area contributed by atoms with Crippen LogP contribution in [0.1, 0.15) is 17.2 Å². The summed E-state index contributed by atoms with van der Waals surface area (Å²) in [4.78, 5) is 31.4. The molecule has 1 fully saturated rings. The average Bonchev–Trinajstić information content (AvgIpc) is 3.00. The first-order valence-electron chi connectivity index (χ1n) is 8.71. The molecule has 1 saturated heterocycles. The third-order valence-electron chi connectivity index (χ3n) is 4.64. The number of aliphatic hydroxyl groups is 1. The van der Waals surface area contributed by atoms with Crippen molar-refractivity contribution in [2.45, 2.75) is 6.04 Å². The molecule has 3 aromatic rings. The number of nitrogens with zero attached hydrogens (tertiary/aromatic N) is 2. The van der Waals surface area contributed by atoms with Gasteiger partial charge in [0.05, 0.1) is 11.6 Å². The summed E-state index contributed by atoms with van der Waals surface area (Å²) in [6.45, 7) is 0. The summed E-state index contributed by atoms with van der Waals surface area (Å²) in [5.41, 5.74) is 1.08. The van der Waals surface area contributed by atoms with E-state index in [1.165, 1.54) is 4.90 Å². The molecule has 0 saturated carbocycles. The first-order chi connectivity index (χ1) is 14.0. The number of aromatic nitrogens is 1. The fourth-order valence-electron chi connectivity index (χ4n) is 3.29. The van der Waals surface area contributed by atoms with Gasteiger partial charge in [0, 0.05) is 21.3 Å². The second-order valence-corrected chi connectivity index (χ2v) is 7.77. The van der Waals surface area contributed by atoms with Crippen LogP contribution in [0.15, 0.2) is 83.0 Å². The lowest BCUT2D eigenvalue weighted by Gasteiger charge is -2.24. The van der Waals surface area contributed by atoms with Gasteiger partial charge in [-0.1, -0.05) is 45.7 Å². The maximum absolute atomic E-state index is 12.9. The van der Waals surface area contributed by atoms with Crippen LogP contribution >= 0.6 is 27.5 Å². The number of Topliss-reactive ketones (excluding diaryl/α,β-unsaturated/α-hetero) is 1. The van der Waals surface area contributed by atoms with Crippen molar-refractivity contribution in [2.24, 2.45) is 0 Å². The fourth-order valence-corrected chi connectivity index (χ4v) is 3.68. The van der Waals surface area contributed by atoms with Gasteiger partial charge in [-0.25, -0.2) is 4.98 Å². The normalized spacial score (nSPS) is 18.3. The molecule has 0 bridgehead atoms. The van der Waals surface area contributed by atoms with Crippen LogP contribution in [0.3, 0.4) is 0 Å². The van der Waals surface area contributed by atoms with Crippen LogP contribution in [0.2, 0.25) is 5.02 Å². The zero-order chi connectivity index (χ0) is 20.5. The minimum absolute atomic E-state index is 0.00491. The minimum atomic E-state index is -0.811. The number of benzene rings is 2. The van der Waals surface area contributed by atoms with E-state index in [-0.39, 0.29) is 11.3 Å². The smallest absolute Gasteiger partial charge is 0.301 e. The molecule has 0 spiro atoms. The lowest BCUT2D eigenvalue weighted by molar-refractivity contribution is -0.132. The van der Waals surface area contributed by atoms with Crippen molar-refractivity contribution in [3.63, 3.8) is 0 Å². The Morgan fingerprint density at radius 1 is 1.00 bits per heavy atom. The van der Waals surface area contributed by atoms with Crippen molar-refractivity contribution in [1.29, 1.82) is 0 Å². The van der Waals surface area contributed by atoms with Crippen molar-refractivity contribution in [3.05, 3.63) is 99.1 Å². The highest BCUT2D eigenvalue weighted by Crippen LogP contribution is 2.41. The number of ketones is 1. The van der Waals surface area contributed by atoms with Crippen LogP contribution in [0.5, 0.6) is 0 Å². The molecule has 5 nitrogen and oxygen atoms in total. The Morgan fingerprint density at radius 2 is 1.69 bits per heavy atom. The summed E-state index contributed by atoms with van der Waals surface area (Å²) in [5, 5.41) is 11.5. The summed E-state index contributed by atoms with van der Waals surface area (Å²) in [6, 6.07) is 18.0. The van der Waals surface area contributed by atoms with E-state index in [2.05, 4.69) is 20.9 Å². The average molecular weight is 470 g/mol. The predicted molar refractivity (Wildman–Crippen MR) is 115 cm³/mol. The molecule has 1 aromatic heterocycles. The van der Waals surface area contributed by atoms with Crippen molar-refractivity contribution < 1.29 is 14.7 Å². The maximum Gasteiger partial charge on any atom is 0.301 e. The van der Waals surface area contributed by atoms with Crippen molar-refractivity contribution in [2.75, 3.05) is 4.90 Å². The van der Waals surface area contributed by atoms with E-state index in [0.717, 1.165) is 4.47 Å². The lowest BCUT2D eigenvalue weighted by Crippen LogP contribution is -2.30. The van der Waals surface area contributed by atoms with Crippen LogP contribution in [0.25, 0.3) is 5.76 Å². The zero-order valence-corrected chi connectivity index (χ0v) is 17.3. The molecule has 1 aliphatic rings. The van der Waals surface area contributed by atoms with Crippen LogP contribution in [0.4, 0.5) is 5.82 Å². The van der Waals surface area contributed by atoms with Crippen LogP contribution in [-0.4, -0.2) is 21.8 Å². The van der Waals surface area contributed by atoms with Gasteiger partial charge in [-0.3, -0.25) is 14.5 Å². The van der Waals surface area contributed by atoms with E-state index in [1.54, 1.807) is 60.8 Å². The van der Waals surface area contributed by atoms with Gasteiger partial charge in [0.1, 0.15) is 11.6 Å². The Bertz CT molecular complexity index is 1110. The zero-order valence-electron chi connectivity index (χ0n) is 14.9. The Morgan fingerprint density at radius 3 is 2.31 bits per heavy atom. The third-order valence-corrected chi connectivity index (χ3v) is 5.42. The monoisotopic (exact) mass is 468 g/mol. The number of aliphatic hydroxyl groups excluding tert-OH is 1. The van der Waals surface area contributed by atoms with E-state index in [0.29, 0.717) is 22.0 Å². The number of anilines is 1. The van der Waals surface area contributed by atoms with Gasteiger partial charge in [-0.05, 0) is 54.1 Å². The second-order valence-electron chi connectivity index (χ2n) is 6.42. The van der Waals surface area contributed by atoms with Crippen molar-refractivity contribution in [1.82, 2.24) is 4.98 Å². The van der Waals surface area contributed by atoms with E-state index >= 15 is 0 Å². The number of pyridine rings is 1. The van der Waals surface area contributed by atoms with E-state index in [1.807, 2.05) is 12.1 Å². The van der Waals surface area contributed by atoms with E-state index < -0.39 is 17.7 Å². The summed E-state index contributed by atoms with van der Waals surface area (Å²) >= 11 is 9.32. The molecular formula is C22H14BrClN2O3. The molecule has 1 atom stereocenters. The molecule has 7 heteroatoms. The number of hydrogen-bond donors (Lipinski definition) is 1. The lowest BCUT2D eigenvalue weighted by atomic mass is 9.95. The van der Waals surface area contributed by atoms with Crippen molar-refractivity contribution in [3.8, 4) is 0 Å². The first-order valence-corrected chi connectivity index (χ1v) is 9.88. The Labute approximate surface area is 180 Å². The number of carbonyl (C=O) groups excluding carboxylic acids is 2. The molecule has 1 unspecified atom stereocenters. The van der Waals surface area contributed by atoms with Crippen LogP contribution in [-0.2, 0) is 9.59 Å². The molecule has 144 valence electrons. The molecule has 0 radical (unpaired) electrons. The van der Waals surface area contributed by atoms with Gasteiger partial charge in [-0.2, -0.15) is 0 Å². The van der Waals surface area contributed by atoms with E-state index in [4.69, 9.17) is 11.6 Å². The number of hydrogen-bond acceptors (Lipinski definition) is 4. The summed E-state index contributed by atoms with van der Waals surface area (Å²) in [5.74, 6) is -1.44. The molecule has 2 aromatic carbocycles. The van der Waals surface area contributed by atoms with Gasteiger partial charge in [-0.15, -0.1) is 0 Å². The first kappa shape index (κ1) is 19.4. The highest BCUT2D eigenvalue weighted by atomic mass is 79.9. The summed E-state index contributed by atoms with van der Waals surface area (Å²) in [7, 11) is 0. The largest absolute Gasteiger partial charge is 0.507 e. The van der Waals surface area contributed by atoms with Gasteiger partial charge in [0.25, 0.3) is 5.78 Å². The molecule has 0 aliphatic carbocycles. The number of rotatable bonds is 3. The van der Waals surface area contributed by atoms with Crippen LogP contribution in [0, 0.1) is 0 Å². The number of amides is 1. The maximum atomic E-state index is 12.9. The quantitative estimate of drug-likeness (QED) is 0.328. The topological polar surface area (TPSA) is 70.5 Å². The standard InChI is InChI=1S/C22H14BrClN2O3/c23-15-8-4-13(5-9-15)19-18(20(27)14-6-10-16(24)11-7-14)21(28)22(29)26(19)17-3-1-2-12-25-17/h1-12,19,27H. The molecular weight excluding hydrogens is 456 g/mol. The number of carbonyl (C=O) groups is 2. The highest BCUT2D eigenvalue weighted by Gasteiger charge is 2.47. The molecule has 1 N–H and O–H groups in total. The van der Waals surface area contributed by atoms with Gasteiger partial charge < -0.3 is 5.11 Å². The molecule has 29 heavy (non-hydrogen) atoms. The van der Waals surface area contributed by atoms with E-state index in [9.17, 15) is 14.7 Å². The fraction of sp³-hybridized carbons (Fsp3) is 0.0455. The Hall–Kier alpha value is -2.96. The third kappa shape index (κ3) is 3.57.